The maximum Gasteiger partial charge on any atom is 0.227 e. The lowest BCUT2D eigenvalue weighted by molar-refractivity contribution is 0.268. The molecule has 100 valence electrons. The minimum atomic E-state index is -3.44. The van der Waals surface area contributed by atoms with Gasteiger partial charge in [-0.1, -0.05) is 17.7 Å². The normalized spacial score (nSPS) is 18.1. The number of hydrogen-bond donors (Lipinski definition) is 1. The molecular weight excluding hydrogens is 266 g/mol. The maximum atomic E-state index is 11.7. The Balaban J connectivity index is 2.41. The third kappa shape index (κ3) is 2.73. The van der Waals surface area contributed by atoms with Gasteiger partial charge in [-0.2, -0.15) is 0 Å². The minimum Gasteiger partial charge on any atom is -0.303 e. The fraction of sp³-hybridized carbons (Fsp3) is 0.538. The molecule has 0 bridgehead atoms. The third-order valence-corrected chi connectivity index (χ3v) is 5.33. The first kappa shape index (κ1) is 13.9. The van der Waals surface area contributed by atoms with Crippen LogP contribution in [0.2, 0.25) is 0 Å². The van der Waals surface area contributed by atoms with Crippen molar-refractivity contribution < 1.29 is 8.42 Å². The van der Waals surface area contributed by atoms with Crippen LogP contribution in [0.25, 0.3) is 0 Å². The average molecular weight is 285 g/mol. The molecule has 0 amide bonds. The lowest BCUT2D eigenvalue weighted by Crippen LogP contribution is -2.32. The van der Waals surface area contributed by atoms with E-state index in [1.807, 2.05) is 19.1 Å². The smallest absolute Gasteiger partial charge is 0.227 e. The number of nitrogens with zero attached hydrogens (tertiary/aromatic N) is 1. The van der Waals surface area contributed by atoms with E-state index in [2.05, 4.69) is 30.7 Å². The molecule has 1 aromatic carbocycles. The number of rotatable bonds is 4. The first-order valence-corrected chi connectivity index (χ1v) is 8.53. The molecule has 0 N–H and O–H groups in total. The van der Waals surface area contributed by atoms with Crippen LogP contribution in [0, 0.1) is 6.92 Å². The monoisotopic (exact) mass is 285 g/mol. The van der Waals surface area contributed by atoms with Gasteiger partial charge in [-0.3, -0.25) is 0 Å². The molecule has 1 saturated carbocycles. The van der Waals surface area contributed by atoms with Crippen LogP contribution < -0.4 is 0 Å². The van der Waals surface area contributed by atoms with E-state index < -0.39 is 8.87 Å². The molecule has 0 saturated heterocycles. The van der Waals surface area contributed by atoms with Gasteiger partial charge in [0.2, 0.25) is 8.87 Å². The van der Waals surface area contributed by atoms with Crippen molar-refractivity contribution in [2.75, 3.05) is 14.1 Å². The molecule has 0 heterocycles. The van der Waals surface area contributed by atoms with Gasteiger partial charge in [0.05, 0.1) is 4.90 Å². The second-order valence-corrected chi connectivity index (χ2v) is 8.21. The lowest BCUT2D eigenvalue weighted by atomic mass is 10.0. The van der Waals surface area contributed by atoms with Gasteiger partial charge in [0.25, 0.3) is 0 Å². The number of aryl methyl sites for hydroxylation is 1. The van der Waals surface area contributed by atoms with Crippen molar-refractivity contribution in [3.05, 3.63) is 29.3 Å². The van der Waals surface area contributed by atoms with Crippen LogP contribution in [0.5, 0.6) is 0 Å². The van der Waals surface area contributed by atoms with E-state index >= 15 is 0 Å². The zero-order valence-electron chi connectivity index (χ0n) is 11.0. The molecule has 1 aliphatic rings. The van der Waals surface area contributed by atoms with Crippen molar-refractivity contribution in [1.82, 2.24) is 4.90 Å². The Labute approximate surface area is 114 Å². The highest BCUT2D eigenvalue weighted by Gasteiger charge is 2.45. The van der Waals surface area contributed by atoms with E-state index in [0.717, 1.165) is 30.4 Å². The Kier molecular flexibility index (Phi) is 3.51. The van der Waals surface area contributed by atoms with Crippen LogP contribution >= 0.6 is 11.7 Å². The summed E-state index contributed by atoms with van der Waals surface area (Å²) < 4.78 is 23.4. The molecule has 0 atom stereocenters. The van der Waals surface area contributed by atoms with Crippen LogP contribution in [0.3, 0.4) is 0 Å². The summed E-state index contributed by atoms with van der Waals surface area (Å²) in [5, 5.41) is 0. The predicted octanol–water partition coefficient (Wildman–Crippen LogP) is 2.25. The summed E-state index contributed by atoms with van der Waals surface area (Å²) in [7, 11) is 0.662. The summed E-state index contributed by atoms with van der Waals surface area (Å²) in [6, 6.07) is 5.45. The third-order valence-electron chi connectivity index (χ3n) is 3.79. The summed E-state index contributed by atoms with van der Waals surface area (Å²) in [6.07, 6.45) is 3.02. The zero-order chi connectivity index (χ0) is 13.6. The molecule has 1 aromatic rings. The van der Waals surface area contributed by atoms with E-state index in [1.54, 1.807) is 6.07 Å². The van der Waals surface area contributed by atoms with Crippen molar-refractivity contribution in [3.8, 4) is 0 Å². The zero-order valence-corrected chi connectivity index (χ0v) is 12.7. The van der Waals surface area contributed by atoms with E-state index in [-0.39, 0.29) is 5.54 Å². The number of hydrogen-bond acceptors (Lipinski definition) is 3. The van der Waals surface area contributed by atoms with Crippen LogP contribution in [0.1, 0.15) is 24.0 Å². The van der Waals surface area contributed by atoms with Gasteiger partial charge >= 0.3 is 0 Å². The quantitative estimate of drug-likeness (QED) is 0.681. The van der Waals surface area contributed by atoms with Crippen molar-refractivity contribution >= 4 is 20.5 Å². The summed E-state index contributed by atoms with van der Waals surface area (Å²) in [4.78, 5) is 2.55. The van der Waals surface area contributed by atoms with Gasteiger partial charge in [-0.15, -0.1) is 0 Å². The highest BCUT2D eigenvalue weighted by Crippen LogP contribution is 2.44. The molecule has 0 aliphatic heterocycles. The predicted molar refractivity (Wildman–Crippen MR) is 76.7 cm³/mol. The van der Waals surface area contributed by atoms with Gasteiger partial charge < -0.3 is 4.90 Å². The fourth-order valence-corrected chi connectivity index (χ4v) is 3.62. The maximum absolute atomic E-state index is 11.7. The molecule has 1 fully saturated rings. The first-order valence-electron chi connectivity index (χ1n) is 5.99. The highest BCUT2D eigenvalue weighted by molar-refractivity contribution is 8.63. The highest BCUT2D eigenvalue weighted by atomic mass is 33.1. The molecule has 18 heavy (non-hydrogen) atoms. The number of benzene rings is 1. The summed E-state index contributed by atoms with van der Waals surface area (Å²) in [5.41, 5.74) is 2.11. The largest absolute Gasteiger partial charge is 0.303 e. The van der Waals surface area contributed by atoms with Gasteiger partial charge in [-0.25, -0.2) is 8.42 Å². The lowest BCUT2D eigenvalue weighted by Gasteiger charge is -2.24. The Bertz CT molecular complexity index is 560. The van der Waals surface area contributed by atoms with E-state index in [9.17, 15) is 8.42 Å². The minimum absolute atomic E-state index is 0.140. The second kappa shape index (κ2) is 4.54. The van der Waals surface area contributed by atoms with Crippen LogP contribution in [0.4, 0.5) is 0 Å². The Morgan fingerprint density at radius 3 is 2.39 bits per heavy atom. The van der Waals surface area contributed by atoms with Crippen molar-refractivity contribution in [2.24, 2.45) is 0 Å². The SMILES string of the molecule is Cc1ccc(S(=O)(=O)S)c(CC2(N(C)C)CC2)c1. The molecule has 2 rings (SSSR count). The summed E-state index contributed by atoms with van der Waals surface area (Å²) in [6.45, 7) is 1.98. The Hall–Kier alpha value is -0.520. The van der Waals surface area contributed by atoms with Crippen molar-refractivity contribution in [3.63, 3.8) is 0 Å². The van der Waals surface area contributed by atoms with Crippen LogP contribution in [0.15, 0.2) is 23.1 Å². The molecule has 0 unspecified atom stereocenters. The summed E-state index contributed by atoms with van der Waals surface area (Å²) >= 11 is 3.73. The Morgan fingerprint density at radius 2 is 1.94 bits per heavy atom. The van der Waals surface area contributed by atoms with Gasteiger partial charge in [0.1, 0.15) is 0 Å². The van der Waals surface area contributed by atoms with Crippen molar-refractivity contribution in [1.29, 1.82) is 0 Å². The standard InChI is InChI=1S/C13H19NO2S2/c1-10-4-5-12(18(15,16)17)11(8-10)9-13(6-7-13)14(2)3/h4-5,8H,6-7,9H2,1-3H3,(H,15,16,17). The summed E-state index contributed by atoms with van der Waals surface area (Å²) in [5.74, 6) is 0. The van der Waals surface area contributed by atoms with Gasteiger partial charge in [0.15, 0.2) is 0 Å². The number of thiol groups is 1. The topological polar surface area (TPSA) is 37.4 Å². The molecule has 5 heteroatoms. The van der Waals surface area contributed by atoms with Crippen LogP contribution in [-0.2, 0) is 15.3 Å². The molecule has 1 aliphatic carbocycles. The van der Waals surface area contributed by atoms with E-state index in [4.69, 9.17) is 0 Å². The molecule has 3 nitrogen and oxygen atoms in total. The van der Waals surface area contributed by atoms with E-state index in [0.29, 0.717) is 4.90 Å². The van der Waals surface area contributed by atoms with Gasteiger partial charge in [-0.05, 0) is 63.6 Å². The molecular formula is C13H19NO2S2. The average Bonchev–Trinajstić information content (AvgIpc) is 2.96. The van der Waals surface area contributed by atoms with Gasteiger partial charge in [0, 0.05) is 5.54 Å². The molecule has 0 radical (unpaired) electrons. The fourth-order valence-electron chi connectivity index (χ4n) is 2.38. The first-order chi connectivity index (χ1) is 8.24. The number of likely N-dealkylation sites (N-methyl/N-ethyl adjacent to an activating group) is 1. The van der Waals surface area contributed by atoms with Crippen molar-refractivity contribution in [2.45, 2.75) is 36.6 Å². The molecule has 0 spiro atoms. The van der Waals surface area contributed by atoms with Crippen LogP contribution in [-0.4, -0.2) is 33.0 Å². The Morgan fingerprint density at radius 1 is 1.33 bits per heavy atom. The second-order valence-electron chi connectivity index (χ2n) is 5.38. The molecule has 0 aromatic heterocycles. The van der Waals surface area contributed by atoms with E-state index in [1.165, 1.54) is 0 Å².